The summed E-state index contributed by atoms with van der Waals surface area (Å²) in [5.74, 6) is 0.692. The first-order valence-corrected chi connectivity index (χ1v) is 6.77. The third kappa shape index (κ3) is 4.57. The zero-order valence-electron chi connectivity index (χ0n) is 10.3. The lowest BCUT2D eigenvalue weighted by Crippen LogP contribution is -2.25. The van der Waals surface area contributed by atoms with Gasteiger partial charge in [-0.3, -0.25) is 4.79 Å². The largest absolute Gasteiger partial charge is 0.467 e. The fraction of sp³-hybridized carbons (Fsp3) is 0.308. The van der Waals surface area contributed by atoms with E-state index in [2.05, 4.69) is 26.2 Å². The second kappa shape index (κ2) is 7.16. The lowest BCUT2D eigenvalue weighted by atomic mass is 10.4. The summed E-state index contributed by atoms with van der Waals surface area (Å²) in [7, 11) is 0. The van der Waals surface area contributed by atoms with Crippen molar-refractivity contribution in [1.29, 1.82) is 0 Å². The first kappa shape index (κ1) is 13.9. The van der Waals surface area contributed by atoms with Crippen LogP contribution in [0.1, 0.15) is 22.7 Å². The summed E-state index contributed by atoms with van der Waals surface area (Å²) < 4.78 is 11.4. The summed E-state index contributed by atoms with van der Waals surface area (Å²) in [5.41, 5.74) is 0.545. The van der Waals surface area contributed by atoms with Crippen LogP contribution in [0.3, 0.4) is 0 Å². The van der Waals surface area contributed by atoms with Crippen LogP contribution in [0.2, 0.25) is 0 Å². The van der Waals surface area contributed by atoms with Gasteiger partial charge in [0.05, 0.1) is 6.26 Å². The minimum absolute atomic E-state index is 0.114. The van der Waals surface area contributed by atoms with Gasteiger partial charge in [-0.2, -0.15) is 0 Å². The van der Waals surface area contributed by atoms with Crippen molar-refractivity contribution >= 4 is 21.8 Å². The van der Waals surface area contributed by atoms with Crippen molar-refractivity contribution in [3.8, 4) is 0 Å². The summed E-state index contributed by atoms with van der Waals surface area (Å²) in [4.78, 5) is 14.5. The molecule has 0 radical (unpaired) electrons. The van der Waals surface area contributed by atoms with Crippen LogP contribution in [0.25, 0.3) is 0 Å². The van der Waals surface area contributed by atoms with Crippen LogP contribution in [0.15, 0.2) is 39.5 Å². The first-order chi connectivity index (χ1) is 9.25. The van der Waals surface area contributed by atoms with Gasteiger partial charge in [0.25, 0.3) is 5.91 Å². The second-order valence-electron chi connectivity index (χ2n) is 3.97. The van der Waals surface area contributed by atoms with Gasteiger partial charge in [-0.15, -0.1) is 0 Å². The van der Waals surface area contributed by atoms with E-state index in [1.807, 2.05) is 12.1 Å². The number of furan rings is 1. The average molecular weight is 327 g/mol. The highest BCUT2D eigenvalue weighted by Gasteiger charge is 2.06. The molecule has 0 aromatic carbocycles. The van der Waals surface area contributed by atoms with Crippen molar-refractivity contribution in [2.45, 2.75) is 13.0 Å². The van der Waals surface area contributed by atoms with E-state index < -0.39 is 0 Å². The first-order valence-electron chi connectivity index (χ1n) is 5.98. The Balaban J connectivity index is 1.55. The van der Waals surface area contributed by atoms with Gasteiger partial charge >= 0.3 is 0 Å². The fourth-order valence-electron chi connectivity index (χ4n) is 1.54. The van der Waals surface area contributed by atoms with E-state index in [4.69, 9.17) is 9.15 Å². The highest BCUT2D eigenvalue weighted by molar-refractivity contribution is 9.10. The molecule has 2 aromatic heterocycles. The Bertz CT molecular complexity index is 508. The van der Waals surface area contributed by atoms with Gasteiger partial charge < -0.3 is 19.5 Å². The van der Waals surface area contributed by atoms with Crippen molar-refractivity contribution < 1.29 is 13.9 Å². The number of hydrogen-bond donors (Lipinski definition) is 2. The zero-order chi connectivity index (χ0) is 13.5. The van der Waals surface area contributed by atoms with Crippen molar-refractivity contribution in [2.75, 3.05) is 13.2 Å². The van der Waals surface area contributed by atoms with Gasteiger partial charge in [-0.1, -0.05) is 0 Å². The maximum atomic E-state index is 11.7. The van der Waals surface area contributed by atoms with Crippen LogP contribution in [0, 0.1) is 0 Å². The van der Waals surface area contributed by atoms with E-state index >= 15 is 0 Å². The predicted molar refractivity (Wildman–Crippen MR) is 73.8 cm³/mol. The molecule has 2 rings (SSSR count). The molecular weight excluding hydrogens is 312 g/mol. The summed E-state index contributed by atoms with van der Waals surface area (Å²) in [6, 6.07) is 5.43. The number of halogens is 1. The molecule has 0 bridgehead atoms. The number of carbonyl (C=O) groups is 1. The Hall–Kier alpha value is -1.53. The molecule has 0 aliphatic rings. The van der Waals surface area contributed by atoms with E-state index in [0.29, 0.717) is 25.5 Å². The van der Waals surface area contributed by atoms with Crippen LogP contribution < -0.4 is 5.32 Å². The Morgan fingerprint density at radius 2 is 2.42 bits per heavy atom. The van der Waals surface area contributed by atoms with Gasteiger partial charge in [-0.05, 0) is 40.5 Å². The van der Waals surface area contributed by atoms with Gasteiger partial charge in [0.15, 0.2) is 0 Å². The summed E-state index contributed by atoms with van der Waals surface area (Å²) >= 11 is 3.28. The van der Waals surface area contributed by atoms with E-state index in [0.717, 1.165) is 16.7 Å². The monoisotopic (exact) mass is 326 g/mol. The molecule has 5 nitrogen and oxygen atoms in total. The molecule has 0 aliphatic heterocycles. The smallest absolute Gasteiger partial charge is 0.267 e. The molecule has 0 spiro atoms. The molecule has 1 amide bonds. The summed E-state index contributed by atoms with van der Waals surface area (Å²) in [6.07, 6.45) is 4.10. The molecule has 102 valence electrons. The number of aromatic amines is 1. The normalized spacial score (nSPS) is 10.6. The number of rotatable bonds is 7. The molecule has 0 saturated heterocycles. The maximum absolute atomic E-state index is 11.7. The number of nitrogens with one attached hydrogen (secondary N) is 2. The molecule has 2 N–H and O–H groups in total. The van der Waals surface area contributed by atoms with Crippen molar-refractivity contribution in [3.63, 3.8) is 0 Å². The molecule has 0 aliphatic carbocycles. The second-order valence-corrected chi connectivity index (χ2v) is 4.89. The Kier molecular flexibility index (Phi) is 5.23. The van der Waals surface area contributed by atoms with Crippen molar-refractivity contribution in [1.82, 2.24) is 10.3 Å². The quantitative estimate of drug-likeness (QED) is 0.769. The van der Waals surface area contributed by atoms with Gasteiger partial charge in [0.2, 0.25) is 0 Å². The molecule has 2 aromatic rings. The number of amides is 1. The van der Waals surface area contributed by atoms with Crippen molar-refractivity contribution in [3.05, 3.63) is 46.6 Å². The highest BCUT2D eigenvalue weighted by Crippen LogP contribution is 2.10. The lowest BCUT2D eigenvalue weighted by molar-refractivity contribution is 0.0913. The molecule has 0 saturated carbocycles. The summed E-state index contributed by atoms with van der Waals surface area (Å²) in [5, 5.41) is 2.81. The van der Waals surface area contributed by atoms with Crippen LogP contribution in [-0.4, -0.2) is 24.0 Å². The molecule has 19 heavy (non-hydrogen) atoms. The summed E-state index contributed by atoms with van der Waals surface area (Å²) in [6.45, 7) is 1.62. The van der Waals surface area contributed by atoms with Crippen LogP contribution in [0.4, 0.5) is 0 Å². The number of hydrogen-bond acceptors (Lipinski definition) is 3. The van der Waals surface area contributed by atoms with Crippen LogP contribution >= 0.6 is 15.9 Å². The predicted octanol–water partition coefficient (Wildman–Crippen LogP) is 2.71. The zero-order valence-corrected chi connectivity index (χ0v) is 11.9. The third-order valence-electron chi connectivity index (χ3n) is 2.47. The Morgan fingerprint density at radius 1 is 1.53 bits per heavy atom. The number of carbonyl (C=O) groups excluding carboxylic acids is 1. The maximum Gasteiger partial charge on any atom is 0.267 e. The Morgan fingerprint density at radius 3 is 3.11 bits per heavy atom. The van der Waals surface area contributed by atoms with Crippen LogP contribution in [-0.2, 0) is 11.3 Å². The van der Waals surface area contributed by atoms with Crippen molar-refractivity contribution in [2.24, 2.45) is 0 Å². The number of ether oxygens (including phenoxy) is 1. The van der Waals surface area contributed by atoms with E-state index in [9.17, 15) is 4.79 Å². The van der Waals surface area contributed by atoms with Crippen LogP contribution in [0.5, 0.6) is 0 Å². The average Bonchev–Trinajstić information content (AvgIpc) is 3.04. The Labute approximate surface area is 119 Å². The highest BCUT2D eigenvalue weighted by atomic mass is 79.9. The van der Waals surface area contributed by atoms with Gasteiger partial charge in [0.1, 0.15) is 18.1 Å². The standard InChI is InChI=1S/C13H15BrN2O3/c14-10-7-12(16-8-10)13(17)15-4-2-5-18-9-11-3-1-6-19-11/h1,3,6-8,16H,2,4-5,9H2,(H,15,17). The minimum atomic E-state index is -0.114. The fourth-order valence-corrected chi connectivity index (χ4v) is 1.88. The van der Waals surface area contributed by atoms with E-state index in [-0.39, 0.29) is 5.91 Å². The van der Waals surface area contributed by atoms with Gasteiger partial charge in [-0.25, -0.2) is 0 Å². The minimum Gasteiger partial charge on any atom is -0.467 e. The number of H-pyrrole nitrogens is 1. The SMILES string of the molecule is O=C(NCCCOCc1ccco1)c1cc(Br)c[nH]1. The van der Waals surface area contributed by atoms with E-state index in [1.54, 1.807) is 18.5 Å². The van der Waals surface area contributed by atoms with E-state index in [1.165, 1.54) is 0 Å². The van der Waals surface area contributed by atoms with Gasteiger partial charge in [0, 0.05) is 23.8 Å². The molecule has 6 heteroatoms. The molecule has 0 unspecified atom stereocenters. The molecule has 0 atom stereocenters. The molecule has 0 fully saturated rings. The molecule has 2 heterocycles. The topological polar surface area (TPSA) is 67.3 Å². The third-order valence-corrected chi connectivity index (χ3v) is 2.93. The molecular formula is C13H15BrN2O3. The lowest BCUT2D eigenvalue weighted by Gasteiger charge is -2.04. The number of aromatic nitrogens is 1.